The molecule has 6 heteroatoms. The Morgan fingerprint density at radius 1 is 1.53 bits per heavy atom. The van der Waals surface area contributed by atoms with Crippen LogP contribution in [0.15, 0.2) is 18.2 Å². The number of benzene rings is 1. The summed E-state index contributed by atoms with van der Waals surface area (Å²) < 4.78 is 5.22. The maximum atomic E-state index is 11.4. The molecule has 0 fully saturated rings. The number of carbonyl (C=O) groups is 2. The molecule has 0 spiro atoms. The minimum atomic E-state index is -0.186. The lowest BCUT2D eigenvalue weighted by molar-refractivity contribution is -0.121. The van der Waals surface area contributed by atoms with Crippen molar-refractivity contribution in [2.75, 3.05) is 19.0 Å². The van der Waals surface area contributed by atoms with Crippen molar-refractivity contribution in [3.05, 3.63) is 23.8 Å². The molecule has 0 saturated heterocycles. The second-order valence-corrected chi connectivity index (χ2v) is 3.64. The molecule has 2 rings (SSSR count). The van der Waals surface area contributed by atoms with Crippen LogP contribution in [0.4, 0.5) is 5.69 Å². The van der Waals surface area contributed by atoms with Crippen LogP contribution in [0.3, 0.4) is 0 Å². The highest BCUT2D eigenvalue weighted by molar-refractivity contribution is 5.95. The summed E-state index contributed by atoms with van der Waals surface area (Å²) in [6, 6.07) is 5.28. The van der Waals surface area contributed by atoms with E-state index in [0.717, 1.165) is 5.56 Å². The molecule has 90 valence electrons. The van der Waals surface area contributed by atoms with E-state index in [0.29, 0.717) is 11.4 Å². The van der Waals surface area contributed by atoms with Gasteiger partial charge in [-0.25, -0.2) is 5.43 Å². The van der Waals surface area contributed by atoms with E-state index in [-0.39, 0.29) is 24.8 Å². The molecular weight excluding hydrogens is 222 g/mol. The van der Waals surface area contributed by atoms with E-state index >= 15 is 0 Å². The number of nitrogens with one attached hydrogen (secondary N) is 3. The number of amides is 2. The minimum absolute atomic E-state index is 0.0343. The Bertz CT molecular complexity index is 459. The van der Waals surface area contributed by atoms with Gasteiger partial charge in [0.25, 0.3) is 5.91 Å². The molecule has 2 amide bonds. The molecule has 0 atom stereocenters. The predicted molar refractivity (Wildman–Crippen MR) is 61.5 cm³/mol. The van der Waals surface area contributed by atoms with Gasteiger partial charge in [0.15, 0.2) is 6.61 Å². The van der Waals surface area contributed by atoms with Gasteiger partial charge in [0.05, 0.1) is 12.1 Å². The van der Waals surface area contributed by atoms with Gasteiger partial charge in [-0.3, -0.25) is 15.0 Å². The van der Waals surface area contributed by atoms with Crippen LogP contribution in [0.2, 0.25) is 0 Å². The molecule has 0 saturated carbocycles. The van der Waals surface area contributed by atoms with Crippen molar-refractivity contribution in [1.82, 2.24) is 10.9 Å². The molecule has 1 aliphatic heterocycles. The van der Waals surface area contributed by atoms with Crippen molar-refractivity contribution in [3.8, 4) is 5.75 Å². The smallest absolute Gasteiger partial charge is 0.262 e. The van der Waals surface area contributed by atoms with Crippen LogP contribution >= 0.6 is 0 Å². The summed E-state index contributed by atoms with van der Waals surface area (Å²) in [4.78, 5) is 22.5. The van der Waals surface area contributed by atoms with Gasteiger partial charge >= 0.3 is 0 Å². The van der Waals surface area contributed by atoms with Crippen molar-refractivity contribution in [3.63, 3.8) is 0 Å². The molecular formula is C11H13N3O3. The number of hydrogen-bond acceptors (Lipinski definition) is 4. The Hall–Kier alpha value is -2.08. The zero-order valence-corrected chi connectivity index (χ0v) is 9.37. The SMILES string of the molecule is CNNC(=O)Cc1ccc2c(c1)NC(=O)CO2. The minimum Gasteiger partial charge on any atom is -0.482 e. The van der Waals surface area contributed by atoms with Gasteiger partial charge in [-0.1, -0.05) is 6.07 Å². The van der Waals surface area contributed by atoms with Gasteiger partial charge in [-0.2, -0.15) is 0 Å². The average molecular weight is 235 g/mol. The predicted octanol–water partition coefficient (Wildman–Crippen LogP) is -0.189. The summed E-state index contributed by atoms with van der Waals surface area (Å²) in [6.45, 7) is 0.0343. The fraction of sp³-hybridized carbons (Fsp3) is 0.273. The third-order valence-electron chi connectivity index (χ3n) is 2.31. The number of rotatable bonds is 3. The fourth-order valence-electron chi connectivity index (χ4n) is 1.61. The van der Waals surface area contributed by atoms with Crippen LogP contribution in [-0.2, 0) is 16.0 Å². The Kier molecular flexibility index (Phi) is 3.24. The van der Waals surface area contributed by atoms with Crippen molar-refractivity contribution in [2.45, 2.75) is 6.42 Å². The summed E-state index contributed by atoms with van der Waals surface area (Å²) in [5, 5.41) is 2.69. The molecule has 1 aromatic carbocycles. The lowest BCUT2D eigenvalue weighted by Gasteiger charge is -2.18. The average Bonchev–Trinajstić information content (AvgIpc) is 2.28. The topological polar surface area (TPSA) is 79.5 Å². The van der Waals surface area contributed by atoms with Gasteiger partial charge in [-0.15, -0.1) is 0 Å². The van der Waals surface area contributed by atoms with Crippen molar-refractivity contribution in [1.29, 1.82) is 0 Å². The maximum absolute atomic E-state index is 11.4. The number of hydrazine groups is 1. The fourth-order valence-corrected chi connectivity index (χ4v) is 1.61. The van der Waals surface area contributed by atoms with E-state index < -0.39 is 0 Å². The van der Waals surface area contributed by atoms with E-state index in [2.05, 4.69) is 16.2 Å². The Labute approximate surface area is 98.3 Å². The van der Waals surface area contributed by atoms with Crippen LogP contribution in [0.1, 0.15) is 5.56 Å². The third kappa shape index (κ3) is 2.73. The normalized spacial score (nSPS) is 13.4. The second-order valence-electron chi connectivity index (χ2n) is 3.64. The first-order valence-corrected chi connectivity index (χ1v) is 5.20. The first-order valence-electron chi connectivity index (χ1n) is 5.20. The standard InChI is InChI=1S/C11H13N3O3/c1-12-14-10(15)5-7-2-3-9-8(4-7)13-11(16)6-17-9/h2-4,12H,5-6H2,1H3,(H,13,16)(H,14,15). The highest BCUT2D eigenvalue weighted by Gasteiger charge is 2.16. The van der Waals surface area contributed by atoms with Gasteiger partial charge < -0.3 is 10.1 Å². The molecule has 6 nitrogen and oxygen atoms in total. The Morgan fingerprint density at radius 3 is 3.12 bits per heavy atom. The van der Waals surface area contributed by atoms with E-state index in [9.17, 15) is 9.59 Å². The number of hydrogen-bond donors (Lipinski definition) is 3. The van der Waals surface area contributed by atoms with E-state index in [4.69, 9.17) is 4.74 Å². The van der Waals surface area contributed by atoms with E-state index in [1.165, 1.54) is 0 Å². The summed E-state index contributed by atoms with van der Waals surface area (Å²) in [5.74, 6) is 0.298. The maximum Gasteiger partial charge on any atom is 0.262 e. The lowest BCUT2D eigenvalue weighted by atomic mass is 10.1. The van der Waals surface area contributed by atoms with Crippen LogP contribution in [-0.4, -0.2) is 25.5 Å². The number of carbonyl (C=O) groups excluding carboxylic acids is 2. The molecule has 0 aromatic heterocycles. The molecule has 0 radical (unpaired) electrons. The van der Waals surface area contributed by atoms with Crippen molar-refractivity contribution in [2.24, 2.45) is 0 Å². The number of fused-ring (bicyclic) bond motifs is 1. The molecule has 1 aromatic rings. The summed E-state index contributed by atoms with van der Waals surface area (Å²) >= 11 is 0. The molecule has 0 aliphatic carbocycles. The third-order valence-corrected chi connectivity index (χ3v) is 2.31. The molecule has 0 bridgehead atoms. The molecule has 0 unspecified atom stereocenters. The van der Waals surface area contributed by atoms with E-state index in [1.54, 1.807) is 25.2 Å². The van der Waals surface area contributed by atoms with E-state index in [1.807, 2.05) is 0 Å². The monoisotopic (exact) mass is 235 g/mol. The van der Waals surface area contributed by atoms with Crippen molar-refractivity contribution >= 4 is 17.5 Å². The van der Waals surface area contributed by atoms with Gasteiger partial charge in [0, 0.05) is 7.05 Å². The van der Waals surface area contributed by atoms with Gasteiger partial charge in [0.2, 0.25) is 5.91 Å². The molecule has 17 heavy (non-hydrogen) atoms. The summed E-state index contributed by atoms with van der Waals surface area (Å²) in [6.07, 6.45) is 0.240. The van der Waals surface area contributed by atoms with Crippen LogP contribution < -0.4 is 20.9 Å². The first-order chi connectivity index (χ1) is 8.19. The van der Waals surface area contributed by atoms with Crippen LogP contribution in [0.25, 0.3) is 0 Å². The molecule has 3 N–H and O–H groups in total. The summed E-state index contributed by atoms with van der Waals surface area (Å²) in [7, 11) is 1.62. The zero-order chi connectivity index (χ0) is 12.3. The van der Waals surface area contributed by atoms with Gasteiger partial charge in [-0.05, 0) is 17.7 Å². The highest BCUT2D eigenvalue weighted by atomic mass is 16.5. The molecule has 1 aliphatic rings. The largest absolute Gasteiger partial charge is 0.482 e. The highest BCUT2D eigenvalue weighted by Crippen LogP contribution is 2.28. The Balaban J connectivity index is 2.13. The second kappa shape index (κ2) is 4.84. The van der Waals surface area contributed by atoms with Crippen LogP contribution in [0, 0.1) is 0 Å². The number of ether oxygens (including phenoxy) is 1. The zero-order valence-electron chi connectivity index (χ0n) is 9.37. The van der Waals surface area contributed by atoms with Crippen molar-refractivity contribution < 1.29 is 14.3 Å². The first kappa shape index (κ1) is 11.4. The number of anilines is 1. The summed E-state index contributed by atoms with van der Waals surface area (Å²) in [5.41, 5.74) is 6.45. The Morgan fingerprint density at radius 2 is 2.35 bits per heavy atom. The quantitative estimate of drug-likeness (QED) is 0.634. The molecule has 1 heterocycles. The van der Waals surface area contributed by atoms with Gasteiger partial charge in [0.1, 0.15) is 5.75 Å². The lowest BCUT2D eigenvalue weighted by Crippen LogP contribution is -2.35. The van der Waals surface area contributed by atoms with Crippen LogP contribution in [0.5, 0.6) is 5.75 Å².